The van der Waals surface area contributed by atoms with Gasteiger partial charge in [-0.25, -0.2) is 0 Å². The standard InChI is InChI=1S/C38H60O5Si/c1-12-31(22-27(2)35-30(5)25-41-37(42-35)33-18-20-34(39-9)21-19-33)23-28(3)36(43-44(10,11)38(6,7)8)29(4)24-40-26-32-16-14-13-15-17-32/h13-21,23,27-30,35-37H,12,22,24-26H2,1-11H3/b31-23+/t27-,28+,29+,30+,35+,36-,37-/m1/s1. The molecule has 2 aromatic rings. The van der Waals surface area contributed by atoms with Crippen LogP contribution in [0.2, 0.25) is 18.1 Å². The van der Waals surface area contributed by atoms with Crippen molar-refractivity contribution in [3.63, 3.8) is 0 Å². The molecule has 0 radical (unpaired) electrons. The van der Waals surface area contributed by atoms with E-state index >= 15 is 0 Å². The van der Waals surface area contributed by atoms with Gasteiger partial charge in [-0.05, 0) is 60.5 Å². The van der Waals surface area contributed by atoms with E-state index in [1.807, 2.05) is 30.3 Å². The molecule has 0 bridgehead atoms. The first-order chi connectivity index (χ1) is 20.8. The zero-order chi connectivity index (χ0) is 32.5. The van der Waals surface area contributed by atoms with Crippen molar-refractivity contribution in [3.8, 4) is 5.75 Å². The number of hydrogen-bond donors (Lipinski definition) is 0. The smallest absolute Gasteiger partial charge is 0.192 e. The van der Waals surface area contributed by atoms with E-state index < -0.39 is 8.32 Å². The molecule has 0 unspecified atom stereocenters. The van der Waals surface area contributed by atoms with E-state index in [-0.39, 0.29) is 35.4 Å². The second kappa shape index (κ2) is 16.6. The Morgan fingerprint density at radius 1 is 1.02 bits per heavy atom. The number of allylic oxidation sites excluding steroid dienone is 1. The third kappa shape index (κ3) is 10.3. The summed E-state index contributed by atoms with van der Waals surface area (Å²) in [6.45, 7) is 25.1. The van der Waals surface area contributed by atoms with Gasteiger partial charge >= 0.3 is 0 Å². The molecule has 1 aliphatic heterocycles. The summed E-state index contributed by atoms with van der Waals surface area (Å²) in [7, 11) is -0.314. The number of benzene rings is 2. The lowest BCUT2D eigenvalue weighted by molar-refractivity contribution is -0.249. The Labute approximate surface area is 269 Å². The first-order valence-electron chi connectivity index (χ1n) is 16.7. The Morgan fingerprint density at radius 2 is 1.68 bits per heavy atom. The number of ether oxygens (including phenoxy) is 4. The molecule has 7 atom stereocenters. The third-order valence-electron chi connectivity index (χ3n) is 9.65. The lowest BCUT2D eigenvalue weighted by Crippen LogP contribution is -2.47. The van der Waals surface area contributed by atoms with Crippen LogP contribution in [0.25, 0.3) is 0 Å². The topological polar surface area (TPSA) is 46.2 Å². The molecule has 2 aromatic carbocycles. The Bertz CT molecular complexity index is 1140. The van der Waals surface area contributed by atoms with Crippen molar-refractivity contribution in [1.82, 2.24) is 0 Å². The van der Waals surface area contributed by atoms with Crippen LogP contribution in [0.4, 0.5) is 0 Å². The fraction of sp³-hybridized carbons (Fsp3) is 0.632. The van der Waals surface area contributed by atoms with Crippen LogP contribution in [0, 0.1) is 23.7 Å². The average Bonchev–Trinajstić information content (AvgIpc) is 2.99. The van der Waals surface area contributed by atoms with E-state index in [0.29, 0.717) is 31.7 Å². The maximum atomic E-state index is 7.16. The summed E-state index contributed by atoms with van der Waals surface area (Å²) >= 11 is 0. The van der Waals surface area contributed by atoms with Crippen LogP contribution >= 0.6 is 0 Å². The van der Waals surface area contributed by atoms with Crippen LogP contribution < -0.4 is 4.74 Å². The minimum Gasteiger partial charge on any atom is -0.497 e. The van der Waals surface area contributed by atoms with Crippen molar-refractivity contribution < 1.29 is 23.4 Å². The van der Waals surface area contributed by atoms with Gasteiger partial charge in [0.1, 0.15) is 5.75 Å². The summed E-state index contributed by atoms with van der Waals surface area (Å²) in [5, 5.41) is 0.137. The Hall–Kier alpha value is -1.96. The van der Waals surface area contributed by atoms with E-state index in [4.69, 9.17) is 23.4 Å². The van der Waals surface area contributed by atoms with Crippen LogP contribution in [0.3, 0.4) is 0 Å². The summed E-state index contributed by atoms with van der Waals surface area (Å²) in [6.07, 6.45) is 4.35. The van der Waals surface area contributed by atoms with Gasteiger partial charge in [-0.15, -0.1) is 0 Å². The summed E-state index contributed by atoms with van der Waals surface area (Å²) in [6, 6.07) is 18.4. The molecule has 44 heavy (non-hydrogen) atoms. The Morgan fingerprint density at radius 3 is 2.27 bits per heavy atom. The second-order valence-electron chi connectivity index (χ2n) is 14.6. The first-order valence-corrected chi connectivity index (χ1v) is 19.6. The van der Waals surface area contributed by atoms with Crippen molar-refractivity contribution in [3.05, 3.63) is 77.4 Å². The molecule has 6 heteroatoms. The average molecular weight is 625 g/mol. The molecule has 3 rings (SSSR count). The minimum absolute atomic E-state index is 0.0845. The SMILES string of the molecule is CC/C(=C\[C@H](C)[C@@H](O[Si](C)(C)C(C)(C)C)[C@@H](C)COCc1ccccc1)C[C@@H](C)[C@@H]1O[C@H](c2ccc(OC)cc2)OC[C@@H]1C. The van der Waals surface area contributed by atoms with E-state index in [2.05, 4.69) is 98.8 Å². The quantitative estimate of drug-likeness (QED) is 0.146. The molecule has 246 valence electrons. The molecule has 1 fully saturated rings. The van der Waals surface area contributed by atoms with Gasteiger partial charge in [0, 0.05) is 17.4 Å². The zero-order valence-corrected chi connectivity index (χ0v) is 30.4. The summed E-state index contributed by atoms with van der Waals surface area (Å²) in [5.41, 5.74) is 3.70. The monoisotopic (exact) mass is 624 g/mol. The second-order valence-corrected chi connectivity index (χ2v) is 19.3. The molecule has 1 aliphatic rings. The van der Waals surface area contributed by atoms with E-state index in [9.17, 15) is 0 Å². The molecule has 0 amide bonds. The lowest BCUT2D eigenvalue weighted by Gasteiger charge is -2.42. The van der Waals surface area contributed by atoms with Gasteiger partial charge in [0.25, 0.3) is 0 Å². The van der Waals surface area contributed by atoms with E-state index in [1.165, 1.54) is 11.1 Å². The van der Waals surface area contributed by atoms with Crippen molar-refractivity contribution in [1.29, 1.82) is 0 Å². The molecular formula is C38H60O5Si. The maximum absolute atomic E-state index is 7.16. The van der Waals surface area contributed by atoms with Crippen LogP contribution in [0.5, 0.6) is 5.75 Å². The van der Waals surface area contributed by atoms with E-state index in [0.717, 1.165) is 24.2 Å². The summed E-state index contributed by atoms with van der Waals surface area (Å²) in [4.78, 5) is 0. The van der Waals surface area contributed by atoms with Crippen molar-refractivity contribution in [2.75, 3.05) is 20.3 Å². The van der Waals surface area contributed by atoms with Crippen molar-refractivity contribution in [2.45, 2.75) is 111 Å². The molecule has 0 N–H and O–H groups in total. The molecule has 1 saturated heterocycles. The fourth-order valence-corrected chi connectivity index (χ4v) is 7.38. The van der Waals surface area contributed by atoms with Gasteiger partial charge in [-0.3, -0.25) is 0 Å². The number of rotatable bonds is 15. The molecule has 1 heterocycles. The Kier molecular flexibility index (Phi) is 13.7. The fourth-order valence-electron chi connectivity index (χ4n) is 5.90. The number of methoxy groups -OCH3 is 1. The highest BCUT2D eigenvalue weighted by Gasteiger charge is 2.41. The van der Waals surface area contributed by atoms with E-state index in [1.54, 1.807) is 7.11 Å². The summed E-state index contributed by atoms with van der Waals surface area (Å²) in [5.74, 6) is 2.05. The molecule has 0 saturated carbocycles. The third-order valence-corrected chi connectivity index (χ3v) is 14.1. The molecule has 0 aliphatic carbocycles. The molecular weight excluding hydrogens is 564 g/mol. The van der Waals surface area contributed by atoms with Gasteiger partial charge in [-0.2, -0.15) is 0 Å². The maximum Gasteiger partial charge on any atom is 0.192 e. The normalized spacial score (nSPS) is 22.7. The predicted octanol–water partition coefficient (Wildman–Crippen LogP) is 9.99. The highest BCUT2D eigenvalue weighted by atomic mass is 28.4. The summed E-state index contributed by atoms with van der Waals surface area (Å²) < 4.78 is 31.5. The van der Waals surface area contributed by atoms with Crippen LogP contribution in [0.15, 0.2) is 66.2 Å². The lowest BCUT2D eigenvalue weighted by atomic mass is 9.85. The minimum atomic E-state index is -2.00. The molecule has 5 nitrogen and oxygen atoms in total. The van der Waals surface area contributed by atoms with Crippen LogP contribution in [-0.2, 0) is 25.2 Å². The van der Waals surface area contributed by atoms with Gasteiger partial charge in [0.15, 0.2) is 14.6 Å². The van der Waals surface area contributed by atoms with Gasteiger partial charge in [0.05, 0.1) is 39.1 Å². The number of hydrogen-bond acceptors (Lipinski definition) is 5. The van der Waals surface area contributed by atoms with Gasteiger partial charge < -0.3 is 23.4 Å². The first kappa shape index (κ1) is 36.5. The van der Waals surface area contributed by atoms with Gasteiger partial charge in [-0.1, -0.05) is 110 Å². The highest BCUT2D eigenvalue weighted by Crippen LogP contribution is 2.40. The predicted molar refractivity (Wildman–Crippen MR) is 184 cm³/mol. The van der Waals surface area contributed by atoms with Crippen molar-refractivity contribution >= 4 is 8.32 Å². The molecule has 0 spiro atoms. The highest BCUT2D eigenvalue weighted by molar-refractivity contribution is 6.74. The molecule has 0 aromatic heterocycles. The van der Waals surface area contributed by atoms with Gasteiger partial charge in [0.2, 0.25) is 0 Å². The van der Waals surface area contributed by atoms with Crippen molar-refractivity contribution in [2.24, 2.45) is 23.7 Å². The Balaban J connectivity index is 1.72. The zero-order valence-electron chi connectivity index (χ0n) is 29.4. The van der Waals surface area contributed by atoms with Crippen LogP contribution in [-0.4, -0.2) is 40.8 Å². The largest absolute Gasteiger partial charge is 0.497 e. The van der Waals surface area contributed by atoms with Crippen LogP contribution in [0.1, 0.15) is 85.6 Å².